The lowest BCUT2D eigenvalue weighted by molar-refractivity contribution is 0.498. The second kappa shape index (κ2) is 3.97. The van der Waals surface area contributed by atoms with E-state index in [1.807, 2.05) is 23.5 Å². The third-order valence-electron chi connectivity index (χ3n) is 1.78. The Bertz CT molecular complexity index is 183. The van der Waals surface area contributed by atoms with E-state index in [0.717, 1.165) is 5.70 Å². The first-order valence-corrected chi connectivity index (χ1v) is 6.25. The molecule has 1 fully saturated rings. The Balaban J connectivity index is 2.74. The zero-order valence-electron chi connectivity index (χ0n) is 8.02. The number of nitrogens with two attached hydrogens (primary N) is 1. The first kappa shape index (κ1) is 10.3. The molecule has 1 heterocycles. The average Bonchev–Trinajstić information content (AvgIpc) is 2.03. The molecule has 0 saturated carbocycles. The van der Waals surface area contributed by atoms with Crippen LogP contribution in [0.2, 0.25) is 0 Å². The molecule has 3 heteroatoms. The summed E-state index contributed by atoms with van der Waals surface area (Å²) >= 11 is 3.83. The fourth-order valence-electron chi connectivity index (χ4n) is 0.892. The van der Waals surface area contributed by atoms with E-state index >= 15 is 0 Å². The predicted octanol–water partition coefficient (Wildman–Crippen LogP) is 3.03. The van der Waals surface area contributed by atoms with Gasteiger partial charge in [-0.05, 0) is 17.9 Å². The van der Waals surface area contributed by atoms with E-state index in [-0.39, 0.29) is 5.41 Å². The average molecular weight is 203 g/mol. The van der Waals surface area contributed by atoms with Gasteiger partial charge >= 0.3 is 0 Å². The Morgan fingerprint density at radius 1 is 1.25 bits per heavy atom. The van der Waals surface area contributed by atoms with Crippen molar-refractivity contribution in [3.8, 4) is 0 Å². The van der Waals surface area contributed by atoms with Gasteiger partial charge in [0.05, 0.1) is 4.24 Å². The van der Waals surface area contributed by atoms with Gasteiger partial charge in [-0.25, -0.2) is 0 Å². The van der Waals surface area contributed by atoms with Crippen LogP contribution in [0.3, 0.4) is 0 Å². The van der Waals surface area contributed by atoms with Gasteiger partial charge in [0.2, 0.25) is 0 Å². The molecule has 1 rings (SSSR count). The van der Waals surface area contributed by atoms with Crippen LogP contribution in [0.4, 0.5) is 0 Å². The minimum Gasteiger partial charge on any atom is -0.400 e. The predicted molar refractivity (Wildman–Crippen MR) is 60.2 cm³/mol. The number of rotatable bonds is 0. The van der Waals surface area contributed by atoms with Crippen molar-refractivity contribution in [2.24, 2.45) is 11.1 Å². The molecule has 2 N–H and O–H groups in total. The first-order valence-electron chi connectivity index (χ1n) is 4.27. The second-order valence-corrected chi connectivity index (χ2v) is 6.47. The summed E-state index contributed by atoms with van der Waals surface area (Å²) in [5.74, 6) is 2.47. The Morgan fingerprint density at radius 3 is 2.17 bits per heavy atom. The van der Waals surface area contributed by atoms with Gasteiger partial charge in [0.1, 0.15) is 0 Å². The lowest BCUT2D eigenvalue weighted by atomic mass is 9.94. The number of thioether (sulfide) groups is 2. The summed E-state index contributed by atoms with van der Waals surface area (Å²) in [5.41, 5.74) is 7.26. The largest absolute Gasteiger partial charge is 0.400 e. The first-order chi connectivity index (χ1) is 5.52. The lowest BCUT2D eigenvalue weighted by Crippen LogP contribution is -2.19. The maximum absolute atomic E-state index is 6.06. The van der Waals surface area contributed by atoms with Gasteiger partial charge < -0.3 is 5.73 Å². The molecular formula is C9H17NS2. The smallest absolute Gasteiger partial charge is 0.0595 e. The Kier molecular flexibility index (Phi) is 3.41. The van der Waals surface area contributed by atoms with Gasteiger partial charge in [0, 0.05) is 11.1 Å². The monoisotopic (exact) mass is 203 g/mol. The highest BCUT2D eigenvalue weighted by molar-refractivity contribution is 8.22. The number of hydrogen-bond donors (Lipinski definition) is 1. The van der Waals surface area contributed by atoms with Crippen LogP contribution in [-0.4, -0.2) is 11.5 Å². The highest BCUT2D eigenvalue weighted by atomic mass is 32.2. The van der Waals surface area contributed by atoms with Gasteiger partial charge in [-0.2, -0.15) is 0 Å². The van der Waals surface area contributed by atoms with Crippen molar-refractivity contribution in [1.29, 1.82) is 0 Å². The fourth-order valence-corrected chi connectivity index (χ4v) is 3.78. The van der Waals surface area contributed by atoms with Gasteiger partial charge in [0.25, 0.3) is 0 Å². The highest BCUT2D eigenvalue weighted by Gasteiger charge is 2.20. The molecular weight excluding hydrogens is 186 g/mol. The van der Waals surface area contributed by atoms with Gasteiger partial charge in [-0.1, -0.05) is 20.8 Å². The maximum atomic E-state index is 6.06. The van der Waals surface area contributed by atoms with Crippen LogP contribution >= 0.6 is 23.5 Å². The zero-order valence-corrected chi connectivity index (χ0v) is 9.65. The molecule has 0 amide bonds. The molecule has 1 aliphatic rings. The Labute approximate surface area is 83.5 Å². The lowest BCUT2D eigenvalue weighted by Gasteiger charge is -2.24. The standard InChI is InChI=1S/C9H17NS2/c1-9(2,3)7(10)8-11-5-4-6-12-8/h4-6,10H2,1-3H3. The SMILES string of the molecule is CC(C)(C)C(N)=C1SCCCS1. The molecule has 1 aliphatic heterocycles. The molecule has 0 radical (unpaired) electrons. The Morgan fingerprint density at radius 2 is 1.75 bits per heavy atom. The van der Waals surface area contributed by atoms with Crippen LogP contribution < -0.4 is 5.73 Å². The molecule has 70 valence electrons. The molecule has 0 aromatic carbocycles. The molecule has 0 bridgehead atoms. The number of hydrogen-bond acceptors (Lipinski definition) is 3. The van der Waals surface area contributed by atoms with Crippen molar-refractivity contribution in [3.63, 3.8) is 0 Å². The van der Waals surface area contributed by atoms with E-state index in [2.05, 4.69) is 20.8 Å². The van der Waals surface area contributed by atoms with Gasteiger partial charge in [-0.15, -0.1) is 23.5 Å². The second-order valence-electron chi connectivity index (χ2n) is 4.00. The molecule has 0 aromatic rings. The van der Waals surface area contributed by atoms with Crippen molar-refractivity contribution in [2.75, 3.05) is 11.5 Å². The summed E-state index contributed by atoms with van der Waals surface area (Å²) in [5, 5.41) is 0. The molecule has 1 nitrogen and oxygen atoms in total. The van der Waals surface area contributed by atoms with E-state index in [1.54, 1.807) is 0 Å². The highest BCUT2D eigenvalue weighted by Crippen LogP contribution is 2.40. The summed E-state index contributed by atoms with van der Waals surface area (Å²) < 4.78 is 1.36. The molecule has 1 saturated heterocycles. The van der Waals surface area contributed by atoms with Crippen LogP contribution in [0.15, 0.2) is 9.93 Å². The maximum Gasteiger partial charge on any atom is 0.0595 e. The summed E-state index contributed by atoms with van der Waals surface area (Å²) in [6.45, 7) is 6.52. The van der Waals surface area contributed by atoms with Crippen molar-refractivity contribution in [3.05, 3.63) is 9.93 Å². The van der Waals surface area contributed by atoms with E-state index in [9.17, 15) is 0 Å². The fraction of sp³-hybridized carbons (Fsp3) is 0.778. The van der Waals surface area contributed by atoms with Crippen LogP contribution in [0, 0.1) is 5.41 Å². The van der Waals surface area contributed by atoms with Crippen molar-refractivity contribution in [2.45, 2.75) is 27.2 Å². The topological polar surface area (TPSA) is 26.0 Å². The zero-order chi connectivity index (χ0) is 9.19. The summed E-state index contributed by atoms with van der Waals surface area (Å²) in [7, 11) is 0. The summed E-state index contributed by atoms with van der Waals surface area (Å²) in [6.07, 6.45) is 1.32. The van der Waals surface area contributed by atoms with E-state index in [0.29, 0.717) is 0 Å². The Hall–Kier alpha value is 0.240. The number of allylic oxidation sites excluding steroid dienone is 1. The normalized spacial score (nSPS) is 19.4. The minimum atomic E-state index is 0.132. The molecule has 0 spiro atoms. The van der Waals surface area contributed by atoms with Gasteiger partial charge in [-0.3, -0.25) is 0 Å². The summed E-state index contributed by atoms with van der Waals surface area (Å²) in [6, 6.07) is 0. The molecule has 12 heavy (non-hydrogen) atoms. The van der Waals surface area contributed by atoms with Gasteiger partial charge in [0.15, 0.2) is 0 Å². The van der Waals surface area contributed by atoms with Crippen molar-refractivity contribution >= 4 is 23.5 Å². The third-order valence-corrected chi connectivity index (χ3v) is 4.44. The van der Waals surface area contributed by atoms with Crippen LogP contribution in [0.25, 0.3) is 0 Å². The van der Waals surface area contributed by atoms with Crippen LogP contribution in [0.1, 0.15) is 27.2 Å². The molecule has 0 atom stereocenters. The van der Waals surface area contributed by atoms with Crippen LogP contribution in [0.5, 0.6) is 0 Å². The quantitative estimate of drug-likeness (QED) is 0.655. The molecule has 0 aromatic heterocycles. The third kappa shape index (κ3) is 2.63. The van der Waals surface area contributed by atoms with Crippen molar-refractivity contribution in [1.82, 2.24) is 0 Å². The van der Waals surface area contributed by atoms with Crippen molar-refractivity contribution < 1.29 is 0 Å². The van der Waals surface area contributed by atoms with E-state index in [4.69, 9.17) is 5.73 Å². The van der Waals surface area contributed by atoms with E-state index in [1.165, 1.54) is 22.2 Å². The molecule has 0 aliphatic carbocycles. The van der Waals surface area contributed by atoms with E-state index < -0.39 is 0 Å². The molecule has 0 unspecified atom stereocenters. The summed E-state index contributed by atoms with van der Waals surface area (Å²) in [4.78, 5) is 0. The minimum absolute atomic E-state index is 0.132. The van der Waals surface area contributed by atoms with Crippen LogP contribution in [-0.2, 0) is 0 Å².